The molecule has 82 valence electrons. The Kier molecular flexibility index (Phi) is 5.20. The minimum absolute atomic E-state index is 0.736. The van der Waals surface area contributed by atoms with Crippen LogP contribution < -0.4 is 5.73 Å². The van der Waals surface area contributed by atoms with E-state index in [-0.39, 0.29) is 0 Å². The second-order valence-corrected chi connectivity index (χ2v) is 4.20. The van der Waals surface area contributed by atoms with Crippen molar-refractivity contribution >= 4 is 0 Å². The first-order valence-electron chi connectivity index (χ1n) is 5.88. The van der Waals surface area contributed by atoms with E-state index < -0.39 is 0 Å². The molecule has 0 bridgehead atoms. The first-order valence-corrected chi connectivity index (χ1v) is 5.88. The van der Waals surface area contributed by atoms with Crippen LogP contribution in [-0.4, -0.2) is 30.6 Å². The van der Waals surface area contributed by atoms with E-state index >= 15 is 0 Å². The van der Waals surface area contributed by atoms with Gasteiger partial charge in [0.25, 0.3) is 0 Å². The van der Waals surface area contributed by atoms with Gasteiger partial charge in [-0.25, -0.2) is 0 Å². The molecule has 2 heteroatoms. The molecule has 0 amide bonds. The van der Waals surface area contributed by atoms with Crippen molar-refractivity contribution in [3.05, 3.63) is 12.7 Å². The van der Waals surface area contributed by atoms with Gasteiger partial charge in [0, 0.05) is 12.6 Å². The average Bonchev–Trinajstić information content (AvgIpc) is 2.67. The molecular weight excluding hydrogens is 172 g/mol. The lowest BCUT2D eigenvalue weighted by Gasteiger charge is -2.31. The molecule has 0 aromatic carbocycles. The molecular formula is C12H24N2. The van der Waals surface area contributed by atoms with E-state index in [0.29, 0.717) is 0 Å². The van der Waals surface area contributed by atoms with Crippen molar-refractivity contribution < 1.29 is 0 Å². The first kappa shape index (κ1) is 11.7. The van der Waals surface area contributed by atoms with Crippen LogP contribution in [0.25, 0.3) is 0 Å². The summed E-state index contributed by atoms with van der Waals surface area (Å²) in [6.45, 7) is 9.18. The molecule has 1 aliphatic carbocycles. The van der Waals surface area contributed by atoms with Crippen LogP contribution in [0.3, 0.4) is 0 Å². The molecule has 0 aliphatic heterocycles. The number of nitrogens with zero attached hydrogens (tertiary/aromatic N) is 1. The lowest BCUT2D eigenvalue weighted by Crippen LogP contribution is -2.40. The third kappa shape index (κ3) is 2.82. The molecule has 2 N–H and O–H groups in total. The summed E-state index contributed by atoms with van der Waals surface area (Å²) in [6, 6.07) is 0.741. The van der Waals surface area contributed by atoms with Gasteiger partial charge in [-0.15, -0.1) is 6.58 Å². The first-order chi connectivity index (χ1) is 6.83. The highest BCUT2D eigenvalue weighted by atomic mass is 15.2. The molecule has 0 heterocycles. The van der Waals surface area contributed by atoms with Gasteiger partial charge < -0.3 is 10.6 Å². The van der Waals surface area contributed by atoms with Gasteiger partial charge in [-0.3, -0.25) is 0 Å². The fourth-order valence-corrected chi connectivity index (χ4v) is 2.59. The highest BCUT2D eigenvalue weighted by molar-refractivity contribution is 4.86. The lowest BCUT2D eigenvalue weighted by atomic mass is 10.0. The zero-order valence-electron chi connectivity index (χ0n) is 9.41. The van der Waals surface area contributed by atoms with Gasteiger partial charge in [0.1, 0.15) is 0 Å². The maximum atomic E-state index is 5.80. The normalized spacial score (nSPS) is 27.1. The maximum absolute atomic E-state index is 5.80. The van der Waals surface area contributed by atoms with Gasteiger partial charge in [0.15, 0.2) is 0 Å². The SMILES string of the molecule is C=CCCN(CC)C1CCCC1CN. The van der Waals surface area contributed by atoms with Gasteiger partial charge in [-0.05, 0) is 38.3 Å². The van der Waals surface area contributed by atoms with Crippen LogP contribution in [-0.2, 0) is 0 Å². The highest BCUT2D eigenvalue weighted by Crippen LogP contribution is 2.29. The van der Waals surface area contributed by atoms with E-state index in [1.165, 1.54) is 19.3 Å². The standard InChI is InChI=1S/C12H24N2/c1-3-5-9-14(4-2)12-8-6-7-11(12)10-13/h3,11-12H,1,4-10,13H2,2H3. The summed E-state index contributed by atoms with van der Waals surface area (Å²) in [4.78, 5) is 2.58. The minimum Gasteiger partial charge on any atom is -0.330 e. The molecule has 1 rings (SSSR count). The molecule has 1 aliphatic rings. The zero-order chi connectivity index (χ0) is 10.4. The third-order valence-electron chi connectivity index (χ3n) is 3.42. The molecule has 2 nitrogen and oxygen atoms in total. The predicted octanol–water partition coefficient (Wildman–Crippen LogP) is 2.01. The maximum Gasteiger partial charge on any atom is 0.0136 e. The molecule has 2 unspecified atom stereocenters. The van der Waals surface area contributed by atoms with Gasteiger partial charge in [-0.1, -0.05) is 19.4 Å². The Labute approximate surface area is 88.2 Å². The minimum atomic E-state index is 0.736. The molecule has 0 radical (unpaired) electrons. The highest BCUT2D eigenvalue weighted by Gasteiger charge is 2.29. The summed E-state index contributed by atoms with van der Waals surface area (Å²) in [5.41, 5.74) is 5.80. The van der Waals surface area contributed by atoms with E-state index in [2.05, 4.69) is 18.4 Å². The average molecular weight is 196 g/mol. The molecule has 14 heavy (non-hydrogen) atoms. The van der Waals surface area contributed by atoms with Crippen molar-refractivity contribution in [2.75, 3.05) is 19.6 Å². The summed E-state index contributed by atoms with van der Waals surface area (Å²) >= 11 is 0. The van der Waals surface area contributed by atoms with Crippen molar-refractivity contribution in [3.8, 4) is 0 Å². The van der Waals surface area contributed by atoms with Crippen LogP contribution >= 0.6 is 0 Å². The lowest BCUT2D eigenvalue weighted by molar-refractivity contribution is 0.173. The van der Waals surface area contributed by atoms with E-state index in [0.717, 1.165) is 38.0 Å². The molecule has 1 fully saturated rings. The Balaban J connectivity index is 2.45. The Morgan fingerprint density at radius 3 is 2.86 bits per heavy atom. The van der Waals surface area contributed by atoms with Gasteiger partial charge >= 0.3 is 0 Å². The fraction of sp³-hybridized carbons (Fsp3) is 0.833. The van der Waals surface area contributed by atoms with Crippen molar-refractivity contribution in [1.29, 1.82) is 0 Å². The number of rotatable bonds is 6. The van der Waals surface area contributed by atoms with Crippen LogP contribution in [0.1, 0.15) is 32.6 Å². The Hall–Kier alpha value is -0.340. The number of hydrogen-bond acceptors (Lipinski definition) is 2. The number of hydrogen-bond donors (Lipinski definition) is 1. The monoisotopic (exact) mass is 196 g/mol. The Bertz CT molecular complexity index is 168. The van der Waals surface area contributed by atoms with Crippen LogP contribution in [0.5, 0.6) is 0 Å². The van der Waals surface area contributed by atoms with E-state index in [1.54, 1.807) is 0 Å². The van der Waals surface area contributed by atoms with Gasteiger partial charge in [-0.2, -0.15) is 0 Å². The largest absolute Gasteiger partial charge is 0.330 e. The van der Waals surface area contributed by atoms with Crippen LogP contribution in [0.15, 0.2) is 12.7 Å². The van der Waals surface area contributed by atoms with Crippen molar-refractivity contribution in [1.82, 2.24) is 4.90 Å². The van der Waals surface area contributed by atoms with Gasteiger partial charge in [0.05, 0.1) is 0 Å². The van der Waals surface area contributed by atoms with Gasteiger partial charge in [0.2, 0.25) is 0 Å². The summed E-state index contributed by atoms with van der Waals surface area (Å²) in [5.74, 6) is 0.736. The second kappa shape index (κ2) is 6.20. The Morgan fingerprint density at radius 2 is 2.29 bits per heavy atom. The Morgan fingerprint density at radius 1 is 1.50 bits per heavy atom. The summed E-state index contributed by atoms with van der Waals surface area (Å²) in [5, 5.41) is 0. The summed E-state index contributed by atoms with van der Waals surface area (Å²) in [6.07, 6.45) is 7.13. The van der Waals surface area contributed by atoms with Crippen molar-refractivity contribution in [3.63, 3.8) is 0 Å². The molecule has 1 saturated carbocycles. The van der Waals surface area contributed by atoms with Crippen molar-refractivity contribution in [2.45, 2.75) is 38.6 Å². The molecule has 0 spiro atoms. The van der Waals surface area contributed by atoms with E-state index in [1.807, 2.05) is 6.08 Å². The smallest absolute Gasteiger partial charge is 0.0136 e. The molecule has 2 atom stereocenters. The van der Waals surface area contributed by atoms with Crippen LogP contribution in [0.2, 0.25) is 0 Å². The predicted molar refractivity (Wildman–Crippen MR) is 62.2 cm³/mol. The quantitative estimate of drug-likeness (QED) is 0.658. The molecule has 0 aromatic rings. The summed E-state index contributed by atoms with van der Waals surface area (Å²) < 4.78 is 0. The molecule has 0 saturated heterocycles. The topological polar surface area (TPSA) is 29.3 Å². The second-order valence-electron chi connectivity index (χ2n) is 4.20. The van der Waals surface area contributed by atoms with E-state index in [9.17, 15) is 0 Å². The zero-order valence-corrected chi connectivity index (χ0v) is 9.41. The summed E-state index contributed by atoms with van der Waals surface area (Å²) in [7, 11) is 0. The van der Waals surface area contributed by atoms with E-state index in [4.69, 9.17) is 5.73 Å². The van der Waals surface area contributed by atoms with Crippen LogP contribution in [0, 0.1) is 5.92 Å². The van der Waals surface area contributed by atoms with Crippen molar-refractivity contribution in [2.24, 2.45) is 11.7 Å². The molecule has 0 aromatic heterocycles. The van der Waals surface area contributed by atoms with Crippen LogP contribution in [0.4, 0.5) is 0 Å². The number of nitrogens with two attached hydrogens (primary N) is 1. The third-order valence-corrected chi connectivity index (χ3v) is 3.42. The fourth-order valence-electron chi connectivity index (χ4n) is 2.59.